The third-order valence-corrected chi connectivity index (χ3v) is 1.71. The Balaban J connectivity index is 4.19. The number of carbonyl (C=O) groups excluding carboxylic acids is 2. The molecule has 5 N–H and O–H groups in total. The quantitative estimate of drug-likeness (QED) is 0.440. The lowest BCUT2D eigenvalue weighted by Crippen LogP contribution is -2.54. The summed E-state index contributed by atoms with van der Waals surface area (Å²) in [7, 11) is 1.28. The Kier molecular flexibility index (Phi) is 5.23. The van der Waals surface area contributed by atoms with Crippen LogP contribution in [0.4, 0.5) is 4.79 Å². The van der Waals surface area contributed by atoms with Crippen LogP contribution < -0.4 is 16.5 Å². The van der Waals surface area contributed by atoms with E-state index in [9.17, 15) is 14.4 Å². The van der Waals surface area contributed by atoms with Gasteiger partial charge in [0.1, 0.15) is 6.04 Å². The second-order valence-electron chi connectivity index (χ2n) is 3.33. The Labute approximate surface area is 92.7 Å². The maximum Gasteiger partial charge on any atom is 0.336 e. The van der Waals surface area contributed by atoms with Crippen LogP contribution in [0.2, 0.25) is 0 Å². The summed E-state index contributed by atoms with van der Waals surface area (Å²) in [5, 5.41) is 11.5. The molecule has 0 radical (unpaired) electrons. The van der Waals surface area contributed by atoms with Crippen LogP contribution in [0.15, 0.2) is 0 Å². The molecule has 0 aromatic rings. The lowest BCUT2D eigenvalue weighted by atomic mass is 10.3. The fourth-order valence-corrected chi connectivity index (χ4v) is 0.662. The molecule has 0 heterocycles. The topological polar surface area (TPSA) is 125 Å². The molecule has 0 spiro atoms. The van der Waals surface area contributed by atoms with Crippen LogP contribution in [0.1, 0.15) is 13.8 Å². The van der Waals surface area contributed by atoms with Crippen molar-refractivity contribution in [1.82, 2.24) is 15.8 Å². The third-order valence-electron chi connectivity index (χ3n) is 1.71. The van der Waals surface area contributed by atoms with Gasteiger partial charge in [0.25, 0.3) is 5.91 Å². The van der Waals surface area contributed by atoms with Gasteiger partial charge in [0.05, 0.1) is 6.04 Å². The van der Waals surface area contributed by atoms with Crippen molar-refractivity contribution in [3.05, 3.63) is 0 Å². The van der Waals surface area contributed by atoms with E-state index in [0.29, 0.717) is 0 Å². The van der Waals surface area contributed by atoms with Gasteiger partial charge in [-0.2, -0.15) is 0 Å². The Morgan fingerprint density at radius 3 is 2.19 bits per heavy atom. The zero-order valence-corrected chi connectivity index (χ0v) is 9.35. The minimum Gasteiger partial charge on any atom is -0.480 e. The molecule has 3 amide bonds. The van der Waals surface area contributed by atoms with E-state index in [1.54, 1.807) is 0 Å². The zero-order valence-electron chi connectivity index (χ0n) is 9.35. The Morgan fingerprint density at radius 1 is 1.31 bits per heavy atom. The summed E-state index contributed by atoms with van der Waals surface area (Å²) < 4.78 is 0. The van der Waals surface area contributed by atoms with Crippen molar-refractivity contribution >= 4 is 17.9 Å². The van der Waals surface area contributed by atoms with Crippen molar-refractivity contribution in [2.75, 3.05) is 7.05 Å². The molecule has 2 atom stereocenters. The van der Waals surface area contributed by atoms with Gasteiger partial charge >= 0.3 is 12.0 Å². The molecular weight excluding hydrogens is 216 g/mol. The summed E-state index contributed by atoms with van der Waals surface area (Å²) >= 11 is 0. The van der Waals surface area contributed by atoms with Crippen molar-refractivity contribution in [1.29, 1.82) is 0 Å². The average molecular weight is 232 g/mol. The molecule has 0 aliphatic heterocycles. The number of aliphatic carboxylic acids is 1. The lowest BCUT2D eigenvalue weighted by molar-refractivity contribution is -0.138. The van der Waals surface area contributed by atoms with E-state index in [-0.39, 0.29) is 0 Å². The molecule has 16 heavy (non-hydrogen) atoms. The van der Waals surface area contributed by atoms with Crippen LogP contribution >= 0.6 is 0 Å². The van der Waals surface area contributed by atoms with E-state index >= 15 is 0 Å². The number of hydrazine groups is 1. The van der Waals surface area contributed by atoms with Gasteiger partial charge in [-0.15, -0.1) is 0 Å². The number of carboxylic acid groups (broad SMARTS) is 1. The molecule has 0 bridgehead atoms. The van der Waals surface area contributed by atoms with Crippen molar-refractivity contribution in [2.45, 2.75) is 25.9 Å². The monoisotopic (exact) mass is 232 g/mol. The highest BCUT2D eigenvalue weighted by Crippen LogP contribution is 1.86. The van der Waals surface area contributed by atoms with Gasteiger partial charge in [0.2, 0.25) is 0 Å². The molecule has 0 aliphatic carbocycles. The number of nitrogens with one attached hydrogen (secondary N) is 2. The predicted octanol–water partition coefficient (Wildman–Crippen LogP) is -1.52. The normalized spacial score (nSPS) is 13.5. The van der Waals surface area contributed by atoms with E-state index in [4.69, 9.17) is 10.8 Å². The van der Waals surface area contributed by atoms with Crippen LogP contribution in [0.5, 0.6) is 0 Å². The predicted molar refractivity (Wildman–Crippen MR) is 55.2 cm³/mol. The van der Waals surface area contributed by atoms with E-state index in [2.05, 4.69) is 10.7 Å². The molecule has 8 nitrogen and oxygen atoms in total. The number of hydrogen-bond donors (Lipinski definition) is 4. The number of urea groups is 1. The summed E-state index contributed by atoms with van der Waals surface area (Å²) in [4.78, 5) is 32.9. The molecule has 0 saturated heterocycles. The first-order valence-corrected chi connectivity index (χ1v) is 4.58. The SMILES string of the molecule is C[C@H](N)C(=O)NN(C)C(=O)N[C@@H](C)C(=O)O. The summed E-state index contributed by atoms with van der Waals surface area (Å²) in [5.74, 6) is -1.71. The molecule has 0 fully saturated rings. The summed E-state index contributed by atoms with van der Waals surface area (Å²) in [6, 6.07) is -2.53. The van der Waals surface area contributed by atoms with Gasteiger partial charge in [-0.05, 0) is 13.8 Å². The lowest BCUT2D eigenvalue weighted by Gasteiger charge is -2.21. The van der Waals surface area contributed by atoms with Crippen LogP contribution in [-0.4, -0.2) is 47.2 Å². The molecule has 0 aromatic heterocycles. The second kappa shape index (κ2) is 5.91. The highest BCUT2D eigenvalue weighted by molar-refractivity contribution is 5.86. The van der Waals surface area contributed by atoms with Crippen molar-refractivity contribution < 1.29 is 19.5 Å². The number of rotatable bonds is 3. The molecule has 0 aliphatic rings. The van der Waals surface area contributed by atoms with Gasteiger partial charge < -0.3 is 16.2 Å². The zero-order chi connectivity index (χ0) is 12.9. The first kappa shape index (κ1) is 14.2. The molecule has 0 rings (SSSR count). The molecule has 0 saturated carbocycles. The Hall–Kier alpha value is -1.83. The molecule has 0 aromatic carbocycles. The summed E-state index contributed by atoms with van der Waals surface area (Å²) in [6.45, 7) is 2.77. The van der Waals surface area contributed by atoms with Gasteiger partial charge in [-0.3, -0.25) is 15.0 Å². The van der Waals surface area contributed by atoms with E-state index in [0.717, 1.165) is 5.01 Å². The van der Waals surface area contributed by atoms with E-state index < -0.39 is 30.0 Å². The van der Waals surface area contributed by atoms with Crippen LogP contribution in [0.3, 0.4) is 0 Å². The van der Waals surface area contributed by atoms with E-state index in [1.807, 2.05) is 0 Å². The van der Waals surface area contributed by atoms with Gasteiger partial charge in [-0.1, -0.05) is 0 Å². The number of carboxylic acids is 1. The maximum atomic E-state index is 11.3. The minimum absolute atomic E-state index is 0.541. The minimum atomic E-state index is -1.17. The number of hydrogen-bond acceptors (Lipinski definition) is 4. The number of carbonyl (C=O) groups is 3. The second-order valence-corrected chi connectivity index (χ2v) is 3.33. The third kappa shape index (κ3) is 4.60. The largest absolute Gasteiger partial charge is 0.480 e. The number of nitrogens with two attached hydrogens (primary N) is 1. The van der Waals surface area contributed by atoms with Crippen LogP contribution in [0.25, 0.3) is 0 Å². The summed E-state index contributed by atoms with van der Waals surface area (Å²) in [6.07, 6.45) is 0. The van der Waals surface area contributed by atoms with Gasteiger partial charge in [0.15, 0.2) is 0 Å². The Morgan fingerprint density at radius 2 is 1.81 bits per heavy atom. The number of nitrogens with zero attached hydrogens (tertiary/aromatic N) is 1. The number of amides is 3. The van der Waals surface area contributed by atoms with Crippen molar-refractivity contribution in [2.24, 2.45) is 5.73 Å². The van der Waals surface area contributed by atoms with Crippen LogP contribution in [0, 0.1) is 0 Å². The highest BCUT2D eigenvalue weighted by atomic mass is 16.4. The van der Waals surface area contributed by atoms with Crippen LogP contribution in [-0.2, 0) is 9.59 Å². The average Bonchev–Trinajstić information content (AvgIpc) is 2.16. The van der Waals surface area contributed by atoms with Gasteiger partial charge in [0, 0.05) is 7.05 Å². The summed E-state index contributed by atoms with van der Waals surface area (Å²) in [5.41, 5.74) is 7.46. The smallest absolute Gasteiger partial charge is 0.336 e. The molecule has 92 valence electrons. The van der Waals surface area contributed by atoms with Gasteiger partial charge in [-0.25, -0.2) is 9.80 Å². The van der Waals surface area contributed by atoms with Crippen molar-refractivity contribution in [3.8, 4) is 0 Å². The van der Waals surface area contributed by atoms with E-state index in [1.165, 1.54) is 20.9 Å². The fourth-order valence-electron chi connectivity index (χ4n) is 0.662. The molecule has 0 unspecified atom stereocenters. The fraction of sp³-hybridized carbons (Fsp3) is 0.625. The highest BCUT2D eigenvalue weighted by Gasteiger charge is 2.18. The first-order valence-electron chi connectivity index (χ1n) is 4.58. The Bertz CT molecular complexity index is 292. The first-order chi connectivity index (χ1) is 7.25. The molecular formula is C8H16N4O4. The van der Waals surface area contributed by atoms with Crippen molar-refractivity contribution in [3.63, 3.8) is 0 Å². The standard InChI is InChI=1S/C8H16N4O4/c1-4(9)6(13)11-12(3)8(16)10-5(2)7(14)15/h4-5H,9H2,1-3H3,(H,10,16)(H,11,13)(H,14,15)/t4-,5-/m0/s1. The molecule has 8 heteroatoms. The maximum absolute atomic E-state index is 11.3.